The van der Waals surface area contributed by atoms with E-state index < -0.39 is 5.82 Å². The fraction of sp³-hybridized carbons (Fsp3) is 0.467. The Morgan fingerprint density at radius 2 is 1.83 bits per heavy atom. The Hall–Kier alpha value is -2.35. The van der Waals surface area contributed by atoms with Gasteiger partial charge in [-0.3, -0.25) is 4.90 Å². The normalized spacial score (nSPS) is 24.5. The fourth-order valence-electron chi connectivity index (χ4n) is 3.27. The van der Waals surface area contributed by atoms with Gasteiger partial charge >= 0.3 is 0 Å². The third-order valence-electron chi connectivity index (χ3n) is 4.31. The van der Waals surface area contributed by atoms with Crippen molar-refractivity contribution in [1.82, 2.24) is 24.8 Å². The maximum absolute atomic E-state index is 12.9. The van der Waals surface area contributed by atoms with Gasteiger partial charge in [0, 0.05) is 38.6 Å². The number of halogens is 1. The Morgan fingerprint density at radius 1 is 1.04 bits per heavy atom. The molecule has 0 aliphatic carbocycles. The summed E-state index contributed by atoms with van der Waals surface area (Å²) in [5, 5.41) is 0. The van der Waals surface area contributed by atoms with Crippen LogP contribution in [0.25, 0.3) is 0 Å². The predicted molar refractivity (Wildman–Crippen MR) is 80.6 cm³/mol. The molecule has 2 aliphatic heterocycles. The highest BCUT2D eigenvalue weighted by atomic mass is 19.1. The molecule has 2 fully saturated rings. The summed E-state index contributed by atoms with van der Waals surface area (Å²) in [5.41, 5.74) is 0. The molecule has 0 aromatic carbocycles. The number of hydrogen-bond acceptors (Lipinski definition) is 7. The van der Waals surface area contributed by atoms with E-state index in [1.807, 2.05) is 0 Å². The molecule has 0 unspecified atom stereocenters. The first kappa shape index (κ1) is 14.3. The monoisotopic (exact) mass is 316 g/mol. The lowest BCUT2D eigenvalue weighted by molar-refractivity contribution is 0.191. The molecule has 4 rings (SSSR count). The third-order valence-corrected chi connectivity index (χ3v) is 4.31. The van der Waals surface area contributed by atoms with Crippen LogP contribution >= 0.6 is 0 Å². The van der Waals surface area contributed by atoms with Crippen molar-refractivity contribution in [1.29, 1.82) is 0 Å². The molecule has 23 heavy (non-hydrogen) atoms. The highest BCUT2D eigenvalue weighted by Gasteiger charge is 2.37. The zero-order chi connectivity index (χ0) is 15.6. The largest absolute Gasteiger partial charge is 0.486 e. The molecule has 0 spiro atoms. The van der Waals surface area contributed by atoms with Crippen molar-refractivity contribution in [3.05, 3.63) is 36.9 Å². The maximum atomic E-state index is 12.9. The summed E-state index contributed by atoms with van der Waals surface area (Å²) in [5.74, 6) is 0.884. The molecule has 2 aromatic heterocycles. The van der Waals surface area contributed by atoms with Crippen LogP contribution in [-0.4, -0.2) is 63.2 Å². The minimum absolute atomic E-state index is 0.139. The van der Waals surface area contributed by atoms with Gasteiger partial charge in [-0.25, -0.2) is 24.3 Å². The number of ether oxygens (including phenoxy) is 1. The van der Waals surface area contributed by atoms with E-state index in [1.54, 1.807) is 12.4 Å². The molecule has 120 valence electrons. The van der Waals surface area contributed by atoms with Crippen molar-refractivity contribution < 1.29 is 9.13 Å². The Labute approximate surface area is 133 Å². The van der Waals surface area contributed by atoms with E-state index in [0.29, 0.717) is 17.7 Å². The van der Waals surface area contributed by atoms with E-state index in [9.17, 15) is 4.39 Å². The van der Waals surface area contributed by atoms with Crippen molar-refractivity contribution in [2.45, 2.75) is 18.6 Å². The Kier molecular flexibility index (Phi) is 3.74. The molecule has 2 aliphatic rings. The summed E-state index contributed by atoms with van der Waals surface area (Å²) in [6.45, 7) is 3.49. The molecule has 2 saturated heterocycles. The quantitative estimate of drug-likeness (QED) is 0.827. The fourth-order valence-corrected chi connectivity index (χ4v) is 3.27. The number of nitrogens with zero attached hydrogens (tertiary/aromatic N) is 6. The van der Waals surface area contributed by atoms with Crippen LogP contribution in [0.3, 0.4) is 0 Å². The summed E-state index contributed by atoms with van der Waals surface area (Å²) in [7, 11) is 0. The van der Waals surface area contributed by atoms with Gasteiger partial charge in [0.2, 0.25) is 5.95 Å². The smallest absolute Gasteiger partial charge is 0.225 e. The molecule has 7 nitrogen and oxygen atoms in total. The summed E-state index contributed by atoms with van der Waals surface area (Å²) in [6.07, 6.45) is 8.36. The number of anilines is 1. The lowest BCUT2D eigenvalue weighted by atomic mass is 10.1. The van der Waals surface area contributed by atoms with Gasteiger partial charge < -0.3 is 9.64 Å². The Balaban J connectivity index is 1.39. The molecular weight excluding hydrogens is 299 g/mol. The Bertz CT molecular complexity index is 655. The number of hydrogen-bond donors (Lipinski definition) is 0. The van der Waals surface area contributed by atoms with E-state index >= 15 is 0 Å². The molecule has 0 bridgehead atoms. The second kappa shape index (κ2) is 6.04. The number of aromatic nitrogens is 4. The van der Waals surface area contributed by atoms with Gasteiger partial charge in [0.15, 0.2) is 11.6 Å². The van der Waals surface area contributed by atoms with E-state index in [4.69, 9.17) is 4.74 Å². The molecule has 0 N–H and O–H groups in total. The summed E-state index contributed by atoms with van der Waals surface area (Å²) < 4.78 is 18.9. The van der Waals surface area contributed by atoms with Crippen LogP contribution in [-0.2, 0) is 0 Å². The first-order chi connectivity index (χ1) is 11.3. The third kappa shape index (κ3) is 3.07. The van der Waals surface area contributed by atoms with Crippen LogP contribution in [0.1, 0.15) is 6.42 Å². The van der Waals surface area contributed by atoms with Crippen LogP contribution < -0.4 is 9.64 Å². The molecule has 0 amide bonds. The van der Waals surface area contributed by atoms with Gasteiger partial charge in [-0.2, -0.15) is 0 Å². The van der Waals surface area contributed by atoms with Gasteiger partial charge in [0.25, 0.3) is 0 Å². The van der Waals surface area contributed by atoms with Crippen molar-refractivity contribution in [3.8, 4) is 5.75 Å². The summed E-state index contributed by atoms with van der Waals surface area (Å²) >= 11 is 0. The van der Waals surface area contributed by atoms with Crippen molar-refractivity contribution in [2.24, 2.45) is 0 Å². The SMILES string of the molecule is Fc1cnc(N2CCN3C[C@H](Oc4cncnc4)C[C@@H]3C2)nc1. The van der Waals surface area contributed by atoms with Crippen LogP contribution in [0.2, 0.25) is 0 Å². The minimum Gasteiger partial charge on any atom is -0.486 e. The maximum Gasteiger partial charge on any atom is 0.225 e. The van der Waals surface area contributed by atoms with Crippen molar-refractivity contribution >= 4 is 5.95 Å². The minimum atomic E-state index is -0.410. The first-order valence-corrected chi connectivity index (χ1v) is 7.66. The number of rotatable bonds is 3. The molecule has 2 aromatic rings. The molecule has 0 radical (unpaired) electrons. The van der Waals surface area contributed by atoms with E-state index in [-0.39, 0.29) is 6.10 Å². The standard InChI is InChI=1S/C15H17FN6O/c16-11-4-19-15(20-5-11)22-2-1-21-9-13(3-12(21)8-22)23-14-6-17-10-18-7-14/h4-7,10,12-13H,1-3,8-9H2/t12-,13-/m1/s1. The summed E-state index contributed by atoms with van der Waals surface area (Å²) in [6, 6.07) is 0.395. The van der Waals surface area contributed by atoms with Gasteiger partial charge in [-0.05, 0) is 0 Å². The van der Waals surface area contributed by atoms with Gasteiger partial charge in [-0.15, -0.1) is 0 Å². The number of fused-ring (bicyclic) bond motifs is 1. The van der Waals surface area contributed by atoms with Crippen LogP contribution in [0.5, 0.6) is 5.75 Å². The van der Waals surface area contributed by atoms with Crippen LogP contribution in [0, 0.1) is 5.82 Å². The highest BCUT2D eigenvalue weighted by molar-refractivity contribution is 5.30. The topological polar surface area (TPSA) is 67.3 Å². The molecule has 8 heteroatoms. The van der Waals surface area contributed by atoms with E-state index in [2.05, 4.69) is 29.7 Å². The van der Waals surface area contributed by atoms with Gasteiger partial charge in [-0.1, -0.05) is 0 Å². The van der Waals surface area contributed by atoms with E-state index in [1.165, 1.54) is 18.7 Å². The summed E-state index contributed by atoms with van der Waals surface area (Å²) in [4.78, 5) is 20.6. The van der Waals surface area contributed by atoms with E-state index in [0.717, 1.165) is 32.6 Å². The van der Waals surface area contributed by atoms with Gasteiger partial charge in [0.1, 0.15) is 12.4 Å². The molecule has 4 heterocycles. The molecule has 0 saturated carbocycles. The van der Waals surface area contributed by atoms with Crippen LogP contribution in [0.4, 0.5) is 10.3 Å². The first-order valence-electron chi connectivity index (χ1n) is 7.66. The lowest BCUT2D eigenvalue weighted by Gasteiger charge is -2.37. The average Bonchev–Trinajstić information content (AvgIpc) is 2.98. The lowest BCUT2D eigenvalue weighted by Crippen LogP contribution is -2.50. The zero-order valence-electron chi connectivity index (χ0n) is 12.5. The predicted octanol–water partition coefficient (Wildman–Crippen LogP) is 0.748. The Morgan fingerprint density at radius 3 is 2.61 bits per heavy atom. The van der Waals surface area contributed by atoms with Gasteiger partial charge in [0.05, 0.1) is 24.8 Å². The molecule has 2 atom stereocenters. The number of piperazine rings is 1. The van der Waals surface area contributed by atoms with Crippen LogP contribution in [0.15, 0.2) is 31.1 Å². The average molecular weight is 316 g/mol. The van der Waals surface area contributed by atoms with Crippen molar-refractivity contribution in [3.63, 3.8) is 0 Å². The zero-order valence-corrected chi connectivity index (χ0v) is 12.5. The second-order valence-corrected chi connectivity index (χ2v) is 5.85. The highest BCUT2D eigenvalue weighted by Crippen LogP contribution is 2.26. The van der Waals surface area contributed by atoms with Crippen molar-refractivity contribution in [2.75, 3.05) is 31.1 Å². The molecular formula is C15H17FN6O. The second-order valence-electron chi connectivity index (χ2n) is 5.85.